The number of rotatable bonds is 4. The SMILES string of the molecule is C1CN[C@H](c2nn[nH]n2)C1.CNC(=O)[C@@H]1CCCN1.C[C@H]1CN[C@H](C(=O)O)C1.O=C(O)[C@@H]1CCCN1. The summed E-state index contributed by atoms with van der Waals surface area (Å²) in [4.78, 5) is 31.3. The van der Waals surface area contributed by atoms with Crippen molar-refractivity contribution in [3.63, 3.8) is 0 Å². The van der Waals surface area contributed by atoms with E-state index in [0.29, 0.717) is 12.0 Å². The number of hydrogen-bond acceptors (Lipinski definition) is 10. The van der Waals surface area contributed by atoms with Crippen molar-refractivity contribution in [2.75, 3.05) is 33.2 Å². The van der Waals surface area contributed by atoms with Crippen molar-refractivity contribution in [3.05, 3.63) is 5.82 Å². The Morgan fingerprint density at radius 2 is 1.47 bits per heavy atom. The first kappa shape index (κ1) is 29.5. The minimum absolute atomic E-state index is 0.0787. The molecule has 14 heteroatoms. The molecule has 4 saturated heterocycles. The Balaban J connectivity index is 0.000000170. The van der Waals surface area contributed by atoms with E-state index in [-0.39, 0.29) is 24.0 Å². The van der Waals surface area contributed by atoms with Gasteiger partial charge >= 0.3 is 11.9 Å². The maximum atomic E-state index is 10.8. The van der Waals surface area contributed by atoms with Crippen LogP contribution in [0.5, 0.6) is 0 Å². The molecule has 36 heavy (non-hydrogen) atoms. The lowest BCUT2D eigenvalue weighted by Gasteiger charge is -2.05. The van der Waals surface area contributed by atoms with Crippen LogP contribution in [0.15, 0.2) is 0 Å². The topological polar surface area (TPSA) is 206 Å². The minimum Gasteiger partial charge on any atom is -0.480 e. The van der Waals surface area contributed by atoms with Crippen LogP contribution < -0.4 is 26.6 Å². The van der Waals surface area contributed by atoms with E-state index in [2.05, 4.69) is 54.1 Å². The lowest BCUT2D eigenvalue weighted by molar-refractivity contribution is -0.140. The third-order valence-electron chi connectivity index (χ3n) is 6.36. The van der Waals surface area contributed by atoms with Crippen LogP contribution >= 0.6 is 0 Å². The Bertz CT molecular complexity index is 777. The number of tetrazole rings is 1. The summed E-state index contributed by atoms with van der Waals surface area (Å²) >= 11 is 0. The van der Waals surface area contributed by atoms with E-state index in [9.17, 15) is 14.4 Å². The third kappa shape index (κ3) is 10.5. The number of likely N-dealkylation sites (N-methyl/N-ethyl adjacent to an activating group) is 1. The number of carbonyl (C=O) groups is 3. The fourth-order valence-corrected chi connectivity index (χ4v) is 4.30. The average Bonchev–Trinajstić information content (AvgIpc) is 3.71. The number of aliphatic carboxylic acids is 2. The molecule has 5 atom stereocenters. The Kier molecular flexibility index (Phi) is 13.2. The van der Waals surface area contributed by atoms with Crippen LogP contribution in [0.25, 0.3) is 0 Å². The number of nitrogens with zero attached hydrogens (tertiary/aromatic N) is 3. The van der Waals surface area contributed by atoms with Gasteiger partial charge in [-0.15, -0.1) is 10.2 Å². The van der Waals surface area contributed by atoms with Crippen molar-refractivity contribution in [2.45, 2.75) is 76.0 Å². The molecule has 0 radical (unpaired) electrons. The van der Waals surface area contributed by atoms with E-state index >= 15 is 0 Å². The maximum absolute atomic E-state index is 10.8. The second-order valence-electron chi connectivity index (χ2n) is 9.31. The standard InChI is InChI=1S/C6H12N2O.C6H11NO2.C5H9N5.C5H9NO2/c1-7-6(9)5-3-2-4-8-5;1-4-2-5(6(8)9)7-3-4;1-2-4(6-3-1)5-7-9-10-8-5;7-5(8)4-2-1-3-6-4/h5,8H,2-4H2,1H3,(H,7,9);4-5,7H,2-3H2,1H3,(H,8,9);4,6H,1-3H2,(H,7,8,9,10);4,6H,1-3H2,(H,7,8)/t5-;4-,5+;2*4-/m0100/s1. The summed E-state index contributed by atoms with van der Waals surface area (Å²) in [5, 5.41) is 45.3. The Labute approximate surface area is 211 Å². The normalized spacial score (nSPS) is 28.6. The monoisotopic (exact) mass is 511 g/mol. The van der Waals surface area contributed by atoms with E-state index in [1.165, 1.54) is 6.42 Å². The van der Waals surface area contributed by atoms with Crippen molar-refractivity contribution < 1.29 is 24.6 Å². The Hall–Kier alpha value is -2.68. The second-order valence-corrected chi connectivity index (χ2v) is 9.31. The molecule has 14 nitrogen and oxygen atoms in total. The largest absolute Gasteiger partial charge is 0.480 e. The smallest absolute Gasteiger partial charge is 0.320 e. The summed E-state index contributed by atoms with van der Waals surface area (Å²) in [6, 6.07) is -0.149. The molecule has 0 aliphatic carbocycles. The van der Waals surface area contributed by atoms with Gasteiger partial charge in [0, 0.05) is 7.05 Å². The number of carbonyl (C=O) groups excluding carboxylic acids is 1. The number of H-pyrrole nitrogens is 1. The quantitative estimate of drug-likeness (QED) is 0.245. The van der Waals surface area contributed by atoms with Crippen molar-refractivity contribution in [1.29, 1.82) is 0 Å². The van der Waals surface area contributed by atoms with Crippen LogP contribution in [-0.2, 0) is 14.4 Å². The molecule has 4 aliphatic heterocycles. The van der Waals surface area contributed by atoms with Crippen LogP contribution in [0.4, 0.5) is 0 Å². The number of carboxylic acid groups (broad SMARTS) is 2. The minimum atomic E-state index is -0.723. The zero-order chi connectivity index (χ0) is 26.3. The first-order chi connectivity index (χ1) is 17.3. The molecule has 0 saturated carbocycles. The molecule has 1 aromatic rings. The number of amides is 1. The summed E-state index contributed by atoms with van der Waals surface area (Å²) < 4.78 is 0. The van der Waals surface area contributed by atoms with E-state index in [0.717, 1.165) is 70.5 Å². The highest BCUT2D eigenvalue weighted by Crippen LogP contribution is 2.17. The van der Waals surface area contributed by atoms with Crippen LogP contribution in [0.1, 0.15) is 63.7 Å². The van der Waals surface area contributed by atoms with E-state index in [4.69, 9.17) is 10.2 Å². The molecule has 8 N–H and O–H groups in total. The summed E-state index contributed by atoms with van der Waals surface area (Å²) in [6.07, 6.45) is 7.00. The van der Waals surface area contributed by atoms with Gasteiger partial charge < -0.3 is 36.8 Å². The van der Waals surface area contributed by atoms with Crippen LogP contribution in [0.2, 0.25) is 0 Å². The molecule has 0 unspecified atom stereocenters. The fourth-order valence-electron chi connectivity index (χ4n) is 4.30. The highest BCUT2D eigenvalue weighted by molar-refractivity contribution is 5.81. The summed E-state index contributed by atoms with van der Waals surface area (Å²) in [7, 11) is 1.67. The van der Waals surface area contributed by atoms with E-state index < -0.39 is 11.9 Å². The van der Waals surface area contributed by atoms with Gasteiger partial charge in [0.2, 0.25) is 5.91 Å². The first-order valence-electron chi connectivity index (χ1n) is 12.7. The van der Waals surface area contributed by atoms with Crippen molar-refractivity contribution in [2.24, 2.45) is 5.92 Å². The van der Waals surface area contributed by atoms with Crippen LogP contribution in [-0.4, -0.2) is 100 Å². The first-order valence-corrected chi connectivity index (χ1v) is 12.7. The Morgan fingerprint density at radius 3 is 1.83 bits per heavy atom. The number of aromatic nitrogens is 4. The zero-order valence-corrected chi connectivity index (χ0v) is 21.1. The van der Waals surface area contributed by atoms with Gasteiger partial charge in [0.1, 0.15) is 12.1 Å². The molecule has 1 amide bonds. The zero-order valence-electron chi connectivity index (χ0n) is 21.1. The predicted octanol–water partition coefficient (Wildman–Crippen LogP) is -0.999. The van der Waals surface area contributed by atoms with Gasteiger partial charge in [0.25, 0.3) is 0 Å². The van der Waals surface area contributed by atoms with Gasteiger partial charge in [0.05, 0.1) is 12.1 Å². The molecular formula is C22H41N9O5. The second kappa shape index (κ2) is 16.1. The molecule has 5 rings (SSSR count). The highest BCUT2D eigenvalue weighted by Gasteiger charge is 2.26. The molecule has 0 spiro atoms. The van der Waals surface area contributed by atoms with E-state index in [1.54, 1.807) is 7.05 Å². The lowest BCUT2D eigenvalue weighted by atomic mass is 10.1. The highest BCUT2D eigenvalue weighted by atomic mass is 16.4. The van der Waals surface area contributed by atoms with Gasteiger partial charge in [-0.2, -0.15) is 5.21 Å². The number of nitrogens with one attached hydrogen (secondary N) is 6. The van der Waals surface area contributed by atoms with Crippen LogP contribution in [0.3, 0.4) is 0 Å². The van der Waals surface area contributed by atoms with Crippen molar-refractivity contribution >= 4 is 17.8 Å². The summed E-state index contributed by atoms with van der Waals surface area (Å²) in [5.74, 6) is -0.0158. The predicted molar refractivity (Wildman–Crippen MR) is 131 cm³/mol. The van der Waals surface area contributed by atoms with Gasteiger partial charge in [-0.3, -0.25) is 14.4 Å². The van der Waals surface area contributed by atoms with E-state index in [1.807, 2.05) is 0 Å². The fraction of sp³-hybridized carbons (Fsp3) is 0.818. The molecule has 5 heterocycles. The van der Waals surface area contributed by atoms with Gasteiger partial charge in [-0.1, -0.05) is 12.1 Å². The lowest BCUT2D eigenvalue weighted by Crippen LogP contribution is -2.38. The molecule has 204 valence electrons. The average molecular weight is 512 g/mol. The van der Waals surface area contributed by atoms with Gasteiger partial charge in [-0.25, -0.2) is 0 Å². The molecule has 0 bridgehead atoms. The maximum Gasteiger partial charge on any atom is 0.320 e. The summed E-state index contributed by atoms with van der Waals surface area (Å²) in [5.41, 5.74) is 0. The number of hydrogen-bond donors (Lipinski definition) is 8. The van der Waals surface area contributed by atoms with Gasteiger partial charge in [0.15, 0.2) is 5.82 Å². The molecule has 0 aromatic carbocycles. The number of carboxylic acids is 2. The summed E-state index contributed by atoms with van der Waals surface area (Å²) in [6.45, 7) is 5.81. The Morgan fingerprint density at radius 1 is 0.861 bits per heavy atom. The van der Waals surface area contributed by atoms with Crippen molar-refractivity contribution in [3.8, 4) is 0 Å². The van der Waals surface area contributed by atoms with Crippen molar-refractivity contribution in [1.82, 2.24) is 47.2 Å². The molecule has 1 aromatic heterocycles. The van der Waals surface area contributed by atoms with Crippen LogP contribution in [0, 0.1) is 5.92 Å². The molecular weight excluding hydrogens is 470 g/mol. The molecule has 4 aliphatic rings. The number of aromatic amines is 1. The third-order valence-corrected chi connectivity index (χ3v) is 6.36. The van der Waals surface area contributed by atoms with Gasteiger partial charge in [-0.05, 0) is 77.0 Å². The molecule has 4 fully saturated rings.